The maximum Gasteiger partial charge on any atom is 0.127 e. The van der Waals surface area contributed by atoms with Crippen molar-refractivity contribution in [1.82, 2.24) is 0 Å². The third-order valence-electron chi connectivity index (χ3n) is 5.79. The predicted molar refractivity (Wildman–Crippen MR) is 118 cm³/mol. The first kappa shape index (κ1) is 17.4. The minimum absolute atomic E-state index is 0.337. The molecule has 0 saturated heterocycles. The van der Waals surface area contributed by atoms with Gasteiger partial charge in [0.2, 0.25) is 0 Å². The van der Waals surface area contributed by atoms with Crippen molar-refractivity contribution in [3.8, 4) is 11.5 Å². The summed E-state index contributed by atoms with van der Waals surface area (Å²) in [5.74, 6) is 2.74. The van der Waals surface area contributed by atoms with E-state index in [0.29, 0.717) is 17.9 Å². The molecule has 3 unspecified atom stereocenters. The van der Waals surface area contributed by atoms with Crippen LogP contribution in [0.2, 0.25) is 0 Å². The molecule has 0 spiro atoms. The van der Waals surface area contributed by atoms with E-state index in [-0.39, 0.29) is 0 Å². The predicted octanol–water partition coefficient (Wildman–Crippen LogP) is 7.03. The number of hydrogen-bond acceptors (Lipinski definition) is 3. The number of benzene rings is 3. The Balaban J connectivity index is 1.46. The molecular formula is C25H23NOS. The molecule has 3 heteroatoms. The van der Waals surface area contributed by atoms with Gasteiger partial charge in [-0.15, -0.1) is 11.8 Å². The maximum absolute atomic E-state index is 6.08. The van der Waals surface area contributed by atoms with Crippen molar-refractivity contribution in [1.29, 1.82) is 0 Å². The number of nitrogens with one attached hydrogen (secondary N) is 1. The molecule has 3 aromatic rings. The Labute approximate surface area is 170 Å². The summed E-state index contributed by atoms with van der Waals surface area (Å²) >= 11 is 1.79. The summed E-state index contributed by atoms with van der Waals surface area (Å²) in [6.07, 6.45) is 7.94. The molecule has 1 N–H and O–H groups in total. The number of ether oxygens (including phenoxy) is 1. The molecule has 0 saturated carbocycles. The normalized spacial score (nSPS) is 22.2. The van der Waals surface area contributed by atoms with Gasteiger partial charge in [0, 0.05) is 16.5 Å². The van der Waals surface area contributed by atoms with Crippen molar-refractivity contribution >= 4 is 17.4 Å². The molecular weight excluding hydrogens is 362 g/mol. The Kier molecular flexibility index (Phi) is 4.61. The van der Waals surface area contributed by atoms with Gasteiger partial charge >= 0.3 is 0 Å². The third-order valence-corrected chi connectivity index (χ3v) is 6.53. The van der Waals surface area contributed by atoms with Crippen LogP contribution < -0.4 is 10.1 Å². The van der Waals surface area contributed by atoms with Crippen LogP contribution in [0.3, 0.4) is 0 Å². The van der Waals surface area contributed by atoms with Crippen LogP contribution >= 0.6 is 11.8 Å². The van der Waals surface area contributed by atoms with Gasteiger partial charge in [-0.25, -0.2) is 0 Å². The first-order valence-electron chi connectivity index (χ1n) is 9.76. The van der Waals surface area contributed by atoms with Crippen LogP contribution in [0.4, 0.5) is 5.69 Å². The number of fused-ring (bicyclic) bond motifs is 3. The number of hydrogen-bond donors (Lipinski definition) is 1. The van der Waals surface area contributed by atoms with Gasteiger partial charge in [-0.3, -0.25) is 0 Å². The van der Waals surface area contributed by atoms with E-state index in [1.54, 1.807) is 11.8 Å². The van der Waals surface area contributed by atoms with Crippen molar-refractivity contribution in [3.05, 3.63) is 96.1 Å². The smallest absolute Gasteiger partial charge is 0.127 e. The van der Waals surface area contributed by atoms with Crippen LogP contribution in [-0.4, -0.2) is 6.26 Å². The maximum atomic E-state index is 6.08. The molecule has 3 atom stereocenters. The van der Waals surface area contributed by atoms with Gasteiger partial charge in [-0.1, -0.05) is 42.5 Å². The zero-order chi connectivity index (χ0) is 18.9. The highest BCUT2D eigenvalue weighted by molar-refractivity contribution is 7.98. The van der Waals surface area contributed by atoms with E-state index >= 15 is 0 Å². The molecule has 2 aliphatic rings. The van der Waals surface area contributed by atoms with Crippen LogP contribution in [0.1, 0.15) is 29.5 Å². The number of thioether (sulfide) groups is 1. The quantitative estimate of drug-likeness (QED) is 0.385. The van der Waals surface area contributed by atoms with E-state index in [0.717, 1.165) is 17.9 Å². The second kappa shape index (κ2) is 7.40. The fraction of sp³-hybridized carbons (Fsp3) is 0.200. The third kappa shape index (κ3) is 3.20. The van der Waals surface area contributed by atoms with E-state index in [1.807, 2.05) is 30.3 Å². The molecule has 1 aliphatic carbocycles. The molecule has 5 rings (SSSR count). The van der Waals surface area contributed by atoms with Crippen molar-refractivity contribution in [2.45, 2.75) is 23.3 Å². The first-order valence-corrected chi connectivity index (χ1v) is 11.0. The van der Waals surface area contributed by atoms with Gasteiger partial charge in [0.05, 0.1) is 6.04 Å². The van der Waals surface area contributed by atoms with E-state index in [9.17, 15) is 0 Å². The zero-order valence-electron chi connectivity index (χ0n) is 15.8. The first-order chi connectivity index (χ1) is 13.8. The summed E-state index contributed by atoms with van der Waals surface area (Å²) in [6.45, 7) is 0. The largest absolute Gasteiger partial charge is 0.457 e. The lowest BCUT2D eigenvalue weighted by molar-refractivity contribution is 0.422. The van der Waals surface area contributed by atoms with Crippen LogP contribution in [-0.2, 0) is 0 Å². The molecule has 0 aromatic heterocycles. The van der Waals surface area contributed by atoms with Crippen LogP contribution in [0.25, 0.3) is 0 Å². The molecule has 0 radical (unpaired) electrons. The lowest BCUT2D eigenvalue weighted by atomic mass is 9.77. The highest BCUT2D eigenvalue weighted by atomic mass is 32.2. The average molecular weight is 386 g/mol. The molecule has 0 amide bonds. The summed E-state index contributed by atoms with van der Waals surface area (Å²) < 4.78 is 6.08. The molecule has 0 fully saturated rings. The van der Waals surface area contributed by atoms with E-state index in [4.69, 9.17) is 4.74 Å². The van der Waals surface area contributed by atoms with Crippen LogP contribution in [0.15, 0.2) is 89.8 Å². The Morgan fingerprint density at radius 2 is 1.75 bits per heavy atom. The number of allylic oxidation sites excluding steroid dienone is 2. The molecule has 28 heavy (non-hydrogen) atoms. The lowest BCUT2D eigenvalue weighted by Gasteiger charge is -2.37. The van der Waals surface area contributed by atoms with Crippen molar-refractivity contribution in [3.63, 3.8) is 0 Å². The topological polar surface area (TPSA) is 21.3 Å². The number of anilines is 1. The molecule has 3 aromatic carbocycles. The van der Waals surface area contributed by atoms with Crippen molar-refractivity contribution < 1.29 is 4.74 Å². The van der Waals surface area contributed by atoms with Crippen molar-refractivity contribution in [2.75, 3.05) is 11.6 Å². The molecule has 140 valence electrons. The second-order valence-electron chi connectivity index (χ2n) is 7.41. The molecule has 0 bridgehead atoms. The van der Waals surface area contributed by atoms with Crippen LogP contribution in [0.5, 0.6) is 11.5 Å². The summed E-state index contributed by atoms with van der Waals surface area (Å²) in [6, 6.07) is 25.8. The Morgan fingerprint density at radius 3 is 2.54 bits per heavy atom. The number of para-hydroxylation sites is 1. The fourth-order valence-corrected chi connectivity index (χ4v) is 4.81. The molecule has 1 heterocycles. The van der Waals surface area contributed by atoms with Crippen LogP contribution in [0, 0.1) is 5.92 Å². The summed E-state index contributed by atoms with van der Waals surface area (Å²) in [4.78, 5) is 1.31. The summed E-state index contributed by atoms with van der Waals surface area (Å²) in [5, 5.41) is 3.81. The van der Waals surface area contributed by atoms with Gasteiger partial charge < -0.3 is 10.1 Å². The van der Waals surface area contributed by atoms with Gasteiger partial charge in [0.25, 0.3) is 0 Å². The Hall–Kier alpha value is -2.65. The highest BCUT2D eigenvalue weighted by Crippen LogP contribution is 2.50. The Morgan fingerprint density at radius 1 is 0.929 bits per heavy atom. The SMILES string of the molecule is CSc1ccc(C2Nc3ccc(Oc4ccccc4)cc3C3C=CCC32)cc1. The van der Waals surface area contributed by atoms with Gasteiger partial charge in [-0.2, -0.15) is 0 Å². The molecule has 1 aliphatic heterocycles. The minimum atomic E-state index is 0.337. The van der Waals surface area contributed by atoms with Gasteiger partial charge in [0.1, 0.15) is 11.5 Å². The van der Waals surface area contributed by atoms with E-state index < -0.39 is 0 Å². The van der Waals surface area contributed by atoms with Gasteiger partial charge in [-0.05, 0) is 72.2 Å². The molecule has 2 nitrogen and oxygen atoms in total. The lowest BCUT2D eigenvalue weighted by Crippen LogP contribution is -2.29. The monoisotopic (exact) mass is 385 g/mol. The van der Waals surface area contributed by atoms with Gasteiger partial charge in [0.15, 0.2) is 0 Å². The zero-order valence-corrected chi connectivity index (χ0v) is 16.7. The number of rotatable bonds is 4. The fourth-order valence-electron chi connectivity index (χ4n) is 4.40. The average Bonchev–Trinajstić information content (AvgIpc) is 3.24. The summed E-state index contributed by atoms with van der Waals surface area (Å²) in [5.41, 5.74) is 3.92. The minimum Gasteiger partial charge on any atom is -0.457 e. The van der Waals surface area contributed by atoms with E-state index in [1.165, 1.54) is 21.7 Å². The highest BCUT2D eigenvalue weighted by Gasteiger charge is 2.38. The summed E-state index contributed by atoms with van der Waals surface area (Å²) in [7, 11) is 0. The van der Waals surface area contributed by atoms with Crippen molar-refractivity contribution in [2.24, 2.45) is 5.92 Å². The van der Waals surface area contributed by atoms with E-state index in [2.05, 4.69) is 66.2 Å². The standard InChI is InChI=1S/C25H23NOS/c1-28-20-13-10-17(11-14-20)25-22-9-5-8-21(22)23-16-19(12-15-24(23)26-25)27-18-6-3-2-4-7-18/h2-8,10-16,21-22,25-26H,9H2,1H3. The second-order valence-corrected chi connectivity index (χ2v) is 8.29. The Bertz CT molecular complexity index is 997.